The average Bonchev–Trinajstić information content (AvgIpc) is 3.14. The lowest BCUT2D eigenvalue weighted by Gasteiger charge is -2.32. The smallest absolute Gasteiger partial charge is 0.229 e. The predicted molar refractivity (Wildman–Crippen MR) is 112 cm³/mol. The number of nitrogens with one attached hydrogen (secondary N) is 1. The Morgan fingerprint density at radius 1 is 1.28 bits per heavy atom. The fourth-order valence-corrected chi connectivity index (χ4v) is 3.83. The molecule has 1 amide bonds. The third-order valence-electron chi connectivity index (χ3n) is 5.30. The Morgan fingerprint density at radius 3 is 2.76 bits per heavy atom. The van der Waals surface area contributed by atoms with Crippen molar-refractivity contribution in [2.24, 2.45) is 18.9 Å². The Kier molecular flexibility index (Phi) is 5.53. The van der Waals surface area contributed by atoms with E-state index in [1.54, 1.807) is 10.9 Å². The molecule has 1 saturated heterocycles. The molecule has 152 valence electrons. The molecule has 8 heteroatoms. The highest BCUT2D eigenvalue weighted by atomic mass is 16.2. The monoisotopic (exact) mass is 393 g/mol. The number of fused-ring (bicyclic) bond motifs is 1. The zero-order chi connectivity index (χ0) is 20.4. The van der Waals surface area contributed by atoms with Crippen molar-refractivity contribution in [2.75, 3.05) is 25.0 Å². The van der Waals surface area contributed by atoms with Gasteiger partial charge in [0.1, 0.15) is 5.69 Å². The minimum Gasteiger partial charge on any atom is -0.303 e. The fraction of sp³-hybridized carbons (Fsp3) is 0.476. The molecule has 1 aromatic carbocycles. The van der Waals surface area contributed by atoms with Crippen LogP contribution in [-0.2, 0) is 11.8 Å². The van der Waals surface area contributed by atoms with Crippen molar-refractivity contribution in [3.63, 3.8) is 0 Å². The first-order valence-corrected chi connectivity index (χ1v) is 10.1. The molecular formula is C21H27N7O. The van der Waals surface area contributed by atoms with Crippen LogP contribution in [0.2, 0.25) is 0 Å². The number of likely N-dealkylation sites (tertiary alicyclic amines) is 1. The summed E-state index contributed by atoms with van der Waals surface area (Å²) in [4.78, 5) is 24.0. The van der Waals surface area contributed by atoms with E-state index in [1.165, 1.54) is 0 Å². The van der Waals surface area contributed by atoms with E-state index >= 15 is 0 Å². The van der Waals surface area contributed by atoms with Crippen LogP contribution in [0.3, 0.4) is 0 Å². The Hall–Kier alpha value is -2.87. The average molecular weight is 393 g/mol. The SMILES string of the molecule is CC(C)CN1CCC(C(=O)Nc2ncc3ccc(-c4cn(C)nn4)cc3n2)CC1. The minimum absolute atomic E-state index is 0.0126. The van der Waals surface area contributed by atoms with E-state index in [2.05, 4.69) is 44.3 Å². The molecule has 0 unspecified atom stereocenters. The van der Waals surface area contributed by atoms with Crippen LogP contribution in [0.25, 0.3) is 22.2 Å². The summed E-state index contributed by atoms with van der Waals surface area (Å²) in [6, 6.07) is 5.87. The number of amides is 1. The van der Waals surface area contributed by atoms with Crippen LogP contribution in [0.5, 0.6) is 0 Å². The topological polar surface area (TPSA) is 88.8 Å². The summed E-state index contributed by atoms with van der Waals surface area (Å²) in [5.41, 5.74) is 2.48. The van der Waals surface area contributed by atoms with Crippen LogP contribution in [0.4, 0.5) is 5.95 Å². The molecule has 29 heavy (non-hydrogen) atoms. The number of rotatable bonds is 5. The molecule has 3 aromatic rings. The van der Waals surface area contributed by atoms with Gasteiger partial charge in [-0.2, -0.15) is 0 Å². The molecule has 4 rings (SSSR count). The molecule has 3 heterocycles. The molecule has 0 atom stereocenters. The second-order valence-electron chi connectivity index (χ2n) is 8.20. The van der Waals surface area contributed by atoms with Gasteiger partial charge < -0.3 is 4.90 Å². The van der Waals surface area contributed by atoms with Crippen molar-refractivity contribution in [2.45, 2.75) is 26.7 Å². The summed E-state index contributed by atoms with van der Waals surface area (Å²) in [5.74, 6) is 1.03. The lowest BCUT2D eigenvalue weighted by molar-refractivity contribution is -0.121. The number of nitrogens with zero attached hydrogens (tertiary/aromatic N) is 6. The maximum Gasteiger partial charge on any atom is 0.229 e. The van der Waals surface area contributed by atoms with Crippen molar-refractivity contribution in [3.05, 3.63) is 30.6 Å². The first-order valence-electron chi connectivity index (χ1n) is 10.1. The minimum atomic E-state index is 0.0126. The highest BCUT2D eigenvalue weighted by molar-refractivity contribution is 5.92. The van der Waals surface area contributed by atoms with Crippen LogP contribution in [-0.4, -0.2) is 55.4 Å². The summed E-state index contributed by atoms with van der Waals surface area (Å²) in [6.07, 6.45) is 5.35. The second-order valence-corrected chi connectivity index (χ2v) is 8.20. The van der Waals surface area contributed by atoms with Crippen LogP contribution in [0, 0.1) is 11.8 Å². The second kappa shape index (κ2) is 8.24. The molecular weight excluding hydrogens is 366 g/mol. The molecule has 2 aromatic heterocycles. The van der Waals surface area contributed by atoms with E-state index in [9.17, 15) is 4.79 Å². The van der Waals surface area contributed by atoms with E-state index < -0.39 is 0 Å². The van der Waals surface area contributed by atoms with Crippen molar-refractivity contribution < 1.29 is 4.79 Å². The summed E-state index contributed by atoms with van der Waals surface area (Å²) >= 11 is 0. The fourth-order valence-electron chi connectivity index (χ4n) is 3.83. The number of benzene rings is 1. The van der Waals surface area contributed by atoms with Crippen molar-refractivity contribution in [1.82, 2.24) is 29.9 Å². The van der Waals surface area contributed by atoms with Crippen LogP contribution in [0.1, 0.15) is 26.7 Å². The zero-order valence-electron chi connectivity index (χ0n) is 17.2. The molecule has 8 nitrogen and oxygen atoms in total. The first kappa shape index (κ1) is 19.4. The number of aromatic nitrogens is 5. The third kappa shape index (κ3) is 4.59. The lowest BCUT2D eigenvalue weighted by Crippen LogP contribution is -2.39. The van der Waals surface area contributed by atoms with E-state index in [0.29, 0.717) is 11.9 Å². The quantitative estimate of drug-likeness (QED) is 0.717. The van der Waals surface area contributed by atoms with Crippen molar-refractivity contribution in [3.8, 4) is 11.3 Å². The van der Waals surface area contributed by atoms with E-state index in [4.69, 9.17) is 0 Å². The van der Waals surface area contributed by atoms with E-state index in [1.807, 2.05) is 31.4 Å². The van der Waals surface area contributed by atoms with Gasteiger partial charge in [0.15, 0.2) is 0 Å². The zero-order valence-corrected chi connectivity index (χ0v) is 17.2. The molecule has 0 saturated carbocycles. The van der Waals surface area contributed by atoms with Gasteiger partial charge in [-0.1, -0.05) is 31.2 Å². The van der Waals surface area contributed by atoms with Crippen molar-refractivity contribution >= 4 is 22.8 Å². The van der Waals surface area contributed by atoms with Crippen molar-refractivity contribution in [1.29, 1.82) is 0 Å². The molecule has 0 spiro atoms. The molecule has 1 aliphatic rings. The molecule has 0 radical (unpaired) electrons. The maximum absolute atomic E-state index is 12.7. The Balaban J connectivity index is 1.44. The number of aryl methyl sites for hydroxylation is 1. The van der Waals surface area contributed by atoms with Gasteiger partial charge in [0.05, 0.1) is 11.7 Å². The number of carbonyl (C=O) groups excluding carboxylic acids is 1. The highest BCUT2D eigenvalue weighted by Gasteiger charge is 2.25. The molecule has 1 N–H and O–H groups in total. The number of hydrogen-bond acceptors (Lipinski definition) is 6. The summed E-state index contributed by atoms with van der Waals surface area (Å²) in [7, 11) is 1.83. The molecule has 1 fully saturated rings. The number of piperidine rings is 1. The van der Waals surface area contributed by atoms with Gasteiger partial charge in [0.2, 0.25) is 11.9 Å². The highest BCUT2D eigenvalue weighted by Crippen LogP contribution is 2.23. The lowest BCUT2D eigenvalue weighted by atomic mass is 9.95. The first-order chi connectivity index (χ1) is 14.0. The third-order valence-corrected chi connectivity index (χ3v) is 5.30. The Morgan fingerprint density at radius 2 is 2.07 bits per heavy atom. The van der Waals surface area contributed by atoms with Gasteiger partial charge >= 0.3 is 0 Å². The van der Waals surface area contributed by atoms with E-state index in [-0.39, 0.29) is 11.8 Å². The molecule has 0 aliphatic carbocycles. The number of anilines is 1. The van der Waals surface area contributed by atoms with Crippen LogP contribution >= 0.6 is 0 Å². The van der Waals surface area contributed by atoms with Crippen LogP contribution in [0.15, 0.2) is 30.6 Å². The van der Waals surface area contributed by atoms with Gasteiger partial charge in [0.25, 0.3) is 0 Å². The maximum atomic E-state index is 12.7. The Bertz CT molecular complexity index is 1010. The van der Waals surface area contributed by atoms with Crippen LogP contribution < -0.4 is 5.32 Å². The van der Waals surface area contributed by atoms with Gasteiger partial charge in [-0.25, -0.2) is 9.97 Å². The molecule has 1 aliphatic heterocycles. The van der Waals surface area contributed by atoms with Gasteiger partial charge in [-0.3, -0.25) is 14.8 Å². The largest absolute Gasteiger partial charge is 0.303 e. The molecule has 0 bridgehead atoms. The summed E-state index contributed by atoms with van der Waals surface area (Å²) in [5, 5.41) is 11.9. The number of carbonyl (C=O) groups is 1. The van der Waals surface area contributed by atoms with Gasteiger partial charge in [0, 0.05) is 36.7 Å². The standard InChI is InChI=1S/C21H27N7O/c1-14(2)12-28-8-6-15(7-9-28)20(29)24-21-22-11-17-5-4-16(10-18(17)23-21)19-13-27(3)26-25-19/h4-5,10-11,13-15H,6-9,12H2,1-3H3,(H,22,23,24,29). The Labute approximate surface area is 170 Å². The summed E-state index contributed by atoms with van der Waals surface area (Å²) in [6.45, 7) is 7.49. The van der Waals surface area contributed by atoms with Gasteiger partial charge in [-0.05, 0) is 37.9 Å². The predicted octanol–water partition coefficient (Wildman–Crippen LogP) is 2.73. The van der Waals surface area contributed by atoms with Gasteiger partial charge in [-0.15, -0.1) is 5.10 Å². The van der Waals surface area contributed by atoms with E-state index in [0.717, 1.165) is 54.6 Å². The summed E-state index contributed by atoms with van der Waals surface area (Å²) < 4.78 is 1.66. The normalized spacial score (nSPS) is 15.9. The number of hydrogen-bond donors (Lipinski definition) is 1.